The molecule has 1 N–H and O–H groups in total. The molecule has 122 valence electrons. The highest BCUT2D eigenvalue weighted by Gasteiger charge is 2.41. The van der Waals surface area contributed by atoms with Gasteiger partial charge in [0, 0.05) is 25.0 Å². The maximum Gasteiger partial charge on any atom is 0.410 e. The maximum atomic E-state index is 12.4. The van der Waals surface area contributed by atoms with Crippen LogP contribution in [0.25, 0.3) is 0 Å². The van der Waals surface area contributed by atoms with E-state index in [-0.39, 0.29) is 24.0 Å². The predicted octanol–water partition coefficient (Wildman–Crippen LogP) is 2.32. The maximum absolute atomic E-state index is 12.4. The molecule has 0 aromatic rings. The first-order chi connectivity index (χ1) is 10.3. The molecule has 1 saturated heterocycles. The SMILES string of the molecule is CC(C)(C)OC(=O)N1CCC(NC(=O)C2CC3C=CC2C3)C1. The zero-order valence-corrected chi connectivity index (χ0v) is 13.7. The lowest BCUT2D eigenvalue weighted by molar-refractivity contribution is -0.126. The summed E-state index contributed by atoms with van der Waals surface area (Å²) in [5, 5.41) is 3.13. The summed E-state index contributed by atoms with van der Waals surface area (Å²) in [5.74, 6) is 1.31. The van der Waals surface area contributed by atoms with Crippen LogP contribution in [0.15, 0.2) is 12.2 Å². The van der Waals surface area contributed by atoms with Crippen molar-refractivity contribution in [1.82, 2.24) is 10.2 Å². The molecule has 0 spiro atoms. The van der Waals surface area contributed by atoms with Crippen molar-refractivity contribution in [3.05, 3.63) is 12.2 Å². The van der Waals surface area contributed by atoms with E-state index in [1.165, 1.54) is 0 Å². The van der Waals surface area contributed by atoms with Gasteiger partial charge in [-0.1, -0.05) is 12.2 Å². The Hall–Kier alpha value is -1.52. The minimum absolute atomic E-state index is 0.0584. The average Bonchev–Trinajstić information content (AvgIpc) is 3.12. The van der Waals surface area contributed by atoms with E-state index >= 15 is 0 Å². The third kappa shape index (κ3) is 3.28. The van der Waals surface area contributed by atoms with Crippen LogP contribution in [-0.4, -0.2) is 41.6 Å². The first kappa shape index (κ1) is 15.4. The molecule has 2 aliphatic carbocycles. The van der Waals surface area contributed by atoms with Gasteiger partial charge in [-0.2, -0.15) is 0 Å². The fourth-order valence-corrected chi connectivity index (χ4v) is 3.76. The van der Waals surface area contributed by atoms with E-state index in [9.17, 15) is 9.59 Å². The van der Waals surface area contributed by atoms with Crippen LogP contribution >= 0.6 is 0 Å². The van der Waals surface area contributed by atoms with Crippen molar-refractivity contribution in [2.75, 3.05) is 13.1 Å². The number of likely N-dealkylation sites (tertiary alicyclic amines) is 1. The van der Waals surface area contributed by atoms with E-state index in [0.717, 1.165) is 19.3 Å². The number of fused-ring (bicyclic) bond motifs is 2. The van der Waals surface area contributed by atoms with Crippen LogP contribution in [0, 0.1) is 17.8 Å². The van der Waals surface area contributed by atoms with Crippen LogP contribution < -0.4 is 5.32 Å². The summed E-state index contributed by atoms with van der Waals surface area (Å²) in [7, 11) is 0. The van der Waals surface area contributed by atoms with E-state index in [1.807, 2.05) is 20.8 Å². The molecule has 1 saturated carbocycles. The molecule has 5 nitrogen and oxygen atoms in total. The number of nitrogens with one attached hydrogen (secondary N) is 1. The van der Waals surface area contributed by atoms with Gasteiger partial charge < -0.3 is 15.0 Å². The summed E-state index contributed by atoms with van der Waals surface area (Å²) in [6.45, 7) is 6.79. The Morgan fingerprint density at radius 1 is 1.23 bits per heavy atom. The van der Waals surface area contributed by atoms with Crippen molar-refractivity contribution in [2.24, 2.45) is 17.8 Å². The predicted molar refractivity (Wildman–Crippen MR) is 83.2 cm³/mol. The summed E-state index contributed by atoms with van der Waals surface area (Å²) in [5.41, 5.74) is -0.478. The summed E-state index contributed by atoms with van der Waals surface area (Å²) >= 11 is 0. The molecule has 0 aromatic heterocycles. The van der Waals surface area contributed by atoms with Gasteiger partial charge >= 0.3 is 6.09 Å². The number of amides is 2. The number of hydrogen-bond acceptors (Lipinski definition) is 3. The molecule has 0 aromatic carbocycles. The van der Waals surface area contributed by atoms with Gasteiger partial charge in [0.1, 0.15) is 5.60 Å². The largest absolute Gasteiger partial charge is 0.444 e. The van der Waals surface area contributed by atoms with Crippen LogP contribution in [0.2, 0.25) is 0 Å². The number of allylic oxidation sites excluding steroid dienone is 2. The molecule has 1 aliphatic heterocycles. The summed E-state index contributed by atoms with van der Waals surface area (Å²) < 4.78 is 5.38. The van der Waals surface area contributed by atoms with E-state index in [2.05, 4.69) is 17.5 Å². The van der Waals surface area contributed by atoms with Gasteiger partial charge in [0.15, 0.2) is 0 Å². The number of carbonyl (C=O) groups excluding carboxylic acids is 2. The number of ether oxygens (including phenoxy) is 1. The van der Waals surface area contributed by atoms with Gasteiger partial charge in [-0.3, -0.25) is 4.79 Å². The van der Waals surface area contributed by atoms with Crippen LogP contribution in [0.4, 0.5) is 4.79 Å². The Bertz CT molecular complexity index is 495. The van der Waals surface area contributed by atoms with Crippen LogP contribution in [-0.2, 0) is 9.53 Å². The highest BCUT2D eigenvalue weighted by Crippen LogP contribution is 2.43. The third-order valence-electron chi connectivity index (χ3n) is 4.80. The Morgan fingerprint density at radius 2 is 2.00 bits per heavy atom. The first-order valence-corrected chi connectivity index (χ1v) is 8.28. The van der Waals surface area contributed by atoms with Gasteiger partial charge in [0.2, 0.25) is 5.91 Å². The van der Waals surface area contributed by atoms with Gasteiger partial charge in [-0.05, 0) is 51.9 Å². The minimum Gasteiger partial charge on any atom is -0.444 e. The molecule has 2 amide bonds. The lowest BCUT2D eigenvalue weighted by atomic mass is 9.92. The molecular weight excluding hydrogens is 280 g/mol. The van der Waals surface area contributed by atoms with Crippen molar-refractivity contribution in [1.29, 1.82) is 0 Å². The highest BCUT2D eigenvalue weighted by molar-refractivity contribution is 5.80. The lowest BCUT2D eigenvalue weighted by Crippen LogP contribution is -2.43. The topological polar surface area (TPSA) is 58.6 Å². The Morgan fingerprint density at radius 3 is 2.59 bits per heavy atom. The minimum atomic E-state index is -0.478. The van der Waals surface area contributed by atoms with E-state index in [1.54, 1.807) is 4.90 Å². The molecule has 22 heavy (non-hydrogen) atoms. The van der Waals surface area contributed by atoms with Gasteiger partial charge in [0.05, 0.1) is 0 Å². The van der Waals surface area contributed by atoms with E-state index in [4.69, 9.17) is 4.74 Å². The zero-order chi connectivity index (χ0) is 15.9. The smallest absolute Gasteiger partial charge is 0.410 e. The van der Waals surface area contributed by atoms with E-state index < -0.39 is 5.60 Å². The van der Waals surface area contributed by atoms with Crippen molar-refractivity contribution < 1.29 is 14.3 Å². The second-order valence-corrected chi connectivity index (χ2v) is 7.81. The van der Waals surface area contributed by atoms with Gasteiger partial charge in [-0.15, -0.1) is 0 Å². The summed E-state index contributed by atoms with van der Waals surface area (Å²) in [6.07, 6.45) is 7.07. The molecule has 3 aliphatic rings. The summed E-state index contributed by atoms with van der Waals surface area (Å²) in [6, 6.07) is 0.0584. The number of hydrogen-bond donors (Lipinski definition) is 1. The molecule has 2 bridgehead atoms. The molecule has 1 heterocycles. The zero-order valence-electron chi connectivity index (χ0n) is 13.7. The molecule has 2 fully saturated rings. The molecule has 5 heteroatoms. The van der Waals surface area contributed by atoms with Crippen LogP contribution in [0.3, 0.4) is 0 Å². The Kier molecular flexibility index (Phi) is 3.91. The normalized spacial score (nSPS) is 33.3. The number of nitrogens with zero attached hydrogens (tertiary/aromatic N) is 1. The molecular formula is C17H26N2O3. The van der Waals surface area contributed by atoms with Crippen LogP contribution in [0.5, 0.6) is 0 Å². The van der Waals surface area contributed by atoms with Crippen LogP contribution in [0.1, 0.15) is 40.0 Å². The quantitative estimate of drug-likeness (QED) is 0.797. The second kappa shape index (κ2) is 5.60. The first-order valence-electron chi connectivity index (χ1n) is 8.28. The van der Waals surface area contributed by atoms with Gasteiger partial charge in [-0.25, -0.2) is 4.79 Å². The standard InChI is InChI=1S/C17H26N2O3/c1-17(2,3)22-16(21)19-7-6-13(10-19)18-15(20)14-9-11-4-5-12(14)8-11/h4-5,11-14H,6-10H2,1-3H3,(H,18,20). The highest BCUT2D eigenvalue weighted by atomic mass is 16.6. The number of rotatable bonds is 2. The molecule has 4 atom stereocenters. The van der Waals surface area contributed by atoms with E-state index in [0.29, 0.717) is 24.9 Å². The molecule has 3 rings (SSSR count). The molecule has 4 unspecified atom stereocenters. The third-order valence-corrected chi connectivity index (χ3v) is 4.80. The van der Waals surface area contributed by atoms with Crippen molar-refractivity contribution >= 4 is 12.0 Å². The van der Waals surface area contributed by atoms with Crippen molar-refractivity contribution in [2.45, 2.75) is 51.7 Å². The Labute approximate surface area is 132 Å². The molecule has 0 radical (unpaired) electrons. The van der Waals surface area contributed by atoms with Crippen molar-refractivity contribution in [3.63, 3.8) is 0 Å². The fraction of sp³-hybridized carbons (Fsp3) is 0.765. The summed E-state index contributed by atoms with van der Waals surface area (Å²) in [4.78, 5) is 26.1. The average molecular weight is 306 g/mol. The second-order valence-electron chi connectivity index (χ2n) is 7.81. The monoisotopic (exact) mass is 306 g/mol. The van der Waals surface area contributed by atoms with Crippen molar-refractivity contribution in [3.8, 4) is 0 Å². The Balaban J connectivity index is 1.48. The number of carbonyl (C=O) groups is 2. The fourth-order valence-electron chi connectivity index (χ4n) is 3.76. The lowest BCUT2D eigenvalue weighted by Gasteiger charge is -2.25. The van der Waals surface area contributed by atoms with Gasteiger partial charge in [0.25, 0.3) is 0 Å².